The number of nitrogens with zero attached hydrogens (tertiary/aromatic N) is 2. The van der Waals surface area contributed by atoms with Gasteiger partial charge in [0.05, 0.1) is 11.5 Å². The molecule has 1 amide bonds. The van der Waals surface area contributed by atoms with E-state index in [-0.39, 0.29) is 24.3 Å². The van der Waals surface area contributed by atoms with Gasteiger partial charge in [-0.2, -0.15) is 0 Å². The van der Waals surface area contributed by atoms with Crippen LogP contribution in [0.2, 0.25) is 0 Å². The van der Waals surface area contributed by atoms with Gasteiger partial charge in [-0.05, 0) is 51.2 Å². The number of amides is 1. The van der Waals surface area contributed by atoms with Crippen LogP contribution in [0.4, 0.5) is 16.2 Å². The average Bonchev–Trinajstić information content (AvgIpc) is 2.58. The van der Waals surface area contributed by atoms with E-state index >= 15 is 0 Å². The molecule has 1 aromatic carbocycles. The highest BCUT2D eigenvalue weighted by Crippen LogP contribution is 2.27. The Kier molecular flexibility index (Phi) is 6.42. The molecule has 1 fully saturated rings. The number of benzene rings is 1. The number of ether oxygens (including phenoxy) is 1. The second-order valence-corrected chi connectivity index (χ2v) is 7.58. The maximum Gasteiger partial charge on any atom is 0.410 e. The van der Waals surface area contributed by atoms with Crippen LogP contribution in [-0.4, -0.2) is 46.3 Å². The molecule has 0 spiro atoms. The Morgan fingerprint density at radius 2 is 2.19 bits per heavy atom. The van der Waals surface area contributed by atoms with E-state index in [2.05, 4.69) is 5.32 Å². The molecule has 1 saturated heterocycles. The summed E-state index contributed by atoms with van der Waals surface area (Å²) in [5, 5.41) is 23.5. The topological polar surface area (TPSA) is 105 Å². The van der Waals surface area contributed by atoms with Crippen LogP contribution >= 0.6 is 0 Å². The zero-order valence-corrected chi connectivity index (χ0v) is 15.5. The monoisotopic (exact) mass is 365 g/mol. The summed E-state index contributed by atoms with van der Waals surface area (Å²) in [5.74, 6) is 0.188. The maximum absolute atomic E-state index is 12.2. The molecule has 8 nitrogen and oxygen atoms in total. The molecule has 0 aromatic heterocycles. The highest BCUT2D eigenvalue weighted by Gasteiger charge is 2.28. The number of likely N-dealkylation sites (tertiary alicyclic amines) is 1. The van der Waals surface area contributed by atoms with E-state index in [1.165, 1.54) is 6.07 Å². The number of hydrogen-bond acceptors (Lipinski definition) is 6. The molecule has 8 heteroatoms. The molecule has 0 unspecified atom stereocenters. The van der Waals surface area contributed by atoms with Crippen LogP contribution in [0, 0.1) is 16.0 Å². The molecule has 0 bridgehead atoms. The van der Waals surface area contributed by atoms with E-state index in [4.69, 9.17) is 9.84 Å². The van der Waals surface area contributed by atoms with Gasteiger partial charge in [0.1, 0.15) is 11.3 Å². The van der Waals surface area contributed by atoms with Gasteiger partial charge < -0.3 is 20.1 Å². The van der Waals surface area contributed by atoms with Crippen LogP contribution in [0.25, 0.3) is 0 Å². The molecular weight excluding hydrogens is 338 g/mol. The zero-order chi connectivity index (χ0) is 19.3. The molecule has 144 valence electrons. The van der Waals surface area contributed by atoms with E-state index < -0.39 is 10.5 Å². The summed E-state index contributed by atoms with van der Waals surface area (Å²) in [7, 11) is 0. The van der Waals surface area contributed by atoms with Crippen LogP contribution in [0.1, 0.15) is 39.2 Å². The summed E-state index contributed by atoms with van der Waals surface area (Å²) in [6, 6.07) is 4.64. The maximum atomic E-state index is 12.2. The summed E-state index contributed by atoms with van der Waals surface area (Å²) in [6.07, 6.45) is 1.49. The summed E-state index contributed by atoms with van der Waals surface area (Å²) in [6.45, 7) is 7.02. The first-order valence-electron chi connectivity index (χ1n) is 8.79. The van der Waals surface area contributed by atoms with Crippen molar-refractivity contribution in [3.8, 4) is 0 Å². The molecule has 1 aliphatic rings. The van der Waals surface area contributed by atoms with Crippen molar-refractivity contribution in [3.05, 3.63) is 33.9 Å². The Balaban J connectivity index is 1.97. The van der Waals surface area contributed by atoms with Gasteiger partial charge in [0.15, 0.2) is 0 Å². The smallest absolute Gasteiger partial charge is 0.410 e. The lowest BCUT2D eigenvalue weighted by Crippen LogP contribution is -2.44. The number of piperidine rings is 1. The quantitative estimate of drug-likeness (QED) is 0.613. The number of nitrogens with one attached hydrogen (secondary N) is 1. The third-order valence-corrected chi connectivity index (χ3v) is 4.19. The Labute approximate surface area is 153 Å². The molecule has 0 aliphatic carbocycles. The van der Waals surface area contributed by atoms with Gasteiger partial charge in [0.2, 0.25) is 0 Å². The van der Waals surface area contributed by atoms with Crippen molar-refractivity contribution in [1.82, 2.24) is 4.90 Å². The van der Waals surface area contributed by atoms with Gasteiger partial charge in [-0.25, -0.2) is 4.79 Å². The number of anilines is 1. The molecule has 26 heavy (non-hydrogen) atoms. The first-order valence-corrected chi connectivity index (χ1v) is 8.79. The lowest BCUT2D eigenvalue weighted by molar-refractivity contribution is -0.384. The first kappa shape index (κ1) is 20.0. The Morgan fingerprint density at radius 3 is 2.81 bits per heavy atom. The normalized spacial score (nSPS) is 17.7. The van der Waals surface area contributed by atoms with Crippen molar-refractivity contribution in [2.24, 2.45) is 5.92 Å². The summed E-state index contributed by atoms with van der Waals surface area (Å²) in [4.78, 5) is 24.7. The molecule has 2 N–H and O–H groups in total. The summed E-state index contributed by atoms with van der Waals surface area (Å²) < 4.78 is 5.42. The summed E-state index contributed by atoms with van der Waals surface area (Å²) in [5.41, 5.74) is 0.325. The van der Waals surface area contributed by atoms with Crippen molar-refractivity contribution in [2.75, 3.05) is 25.0 Å². The number of carbonyl (C=O) groups excluding carboxylic acids is 1. The fourth-order valence-electron chi connectivity index (χ4n) is 2.95. The molecule has 1 atom stereocenters. The van der Waals surface area contributed by atoms with Crippen molar-refractivity contribution >= 4 is 17.5 Å². The number of carbonyl (C=O) groups is 1. The third kappa shape index (κ3) is 5.59. The van der Waals surface area contributed by atoms with Gasteiger partial charge in [0, 0.05) is 25.7 Å². The number of aliphatic hydroxyl groups is 1. The minimum atomic E-state index is -0.530. The zero-order valence-electron chi connectivity index (χ0n) is 15.5. The van der Waals surface area contributed by atoms with Gasteiger partial charge >= 0.3 is 6.09 Å². The predicted molar refractivity (Wildman–Crippen MR) is 98.0 cm³/mol. The van der Waals surface area contributed by atoms with Crippen molar-refractivity contribution < 1.29 is 19.6 Å². The number of nitro benzene ring substituents is 1. The van der Waals surface area contributed by atoms with E-state index in [1.807, 2.05) is 20.8 Å². The number of aliphatic hydroxyl groups excluding tert-OH is 1. The molecule has 2 rings (SSSR count). The largest absolute Gasteiger partial charge is 0.444 e. The summed E-state index contributed by atoms with van der Waals surface area (Å²) >= 11 is 0. The molecule has 1 aliphatic heterocycles. The van der Waals surface area contributed by atoms with Crippen LogP contribution in [0.15, 0.2) is 18.2 Å². The van der Waals surface area contributed by atoms with Crippen molar-refractivity contribution in [2.45, 2.75) is 45.8 Å². The lowest BCUT2D eigenvalue weighted by atomic mass is 9.98. The van der Waals surface area contributed by atoms with Gasteiger partial charge in [0.25, 0.3) is 5.69 Å². The predicted octanol–water partition coefficient (Wildman–Crippen LogP) is 3.15. The third-order valence-electron chi connectivity index (χ3n) is 4.19. The fourth-order valence-corrected chi connectivity index (χ4v) is 2.95. The second kappa shape index (κ2) is 8.35. The molecule has 0 saturated carbocycles. The first-order chi connectivity index (χ1) is 12.2. The Bertz CT molecular complexity index is 657. The second-order valence-electron chi connectivity index (χ2n) is 7.58. The van der Waals surface area contributed by atoms with E-state index in [0.29, 0.717) is 30.9 Å². The number of nitro groups is 1. The average molecular weight is 365 g/mol. The lowest BCUT2D eigenvalue weighted by Gasteiger charge is -2.34. The minimum Gasteiger partial charge on any atom is -0.444 e. The number of hydrogen-bond donors (Lipinski definition) is 2. The van der Waals surface area contributed by atoms with Gasteiger partial charge in [-0.1, -0.05) is 6.07 Å². The molecule has 1 aromatic rings. The highest BCUT2D eigenvalue weighted by molar-refractivity contribution is 5.68. The Morgan fingerprint density at radius 1 is 1.46 bits per heavy atom. The highest BCUT2D eigenvalue weighted by atomic mass is 16.6. The van der Waals surface area contributed by atoms with Crippen LogP contribution in [0.3, 0.4) is 0 Å². The van der Waals surface area contributed by atoms with Crippen molar-refractivity contribution in [1.29, 1.82) is 0 Å². The minimum absolute atomic E-state index is 0.0589. The van der Waals surface area contributed by atoms with Crippen LogP contribution in [-0.2, 0) is 11.3 Å². The van der Waals surface area contributed by atoms with Crippen molar-refractivity contribution in [3.63, 3.8) is 0 Å². The Hall–Kier alpha value is -2.35. The SMILES string of the molecule is CC(C)(C)OC(=O)N1CCC[C@@H](CNc2ccc(CO)cc2[N+](=O)[O-])C1. The number of rotatable bonds is 5. The van der Waals surface area contributed by atoms with Crippen LogP contribution in [0.5, 0.6) is 0 Å². The van der Waals surface area contributed by atoms with Gasteiger partial charge in [-0.15, -0.1) is 0 Å². The molecular formula is C18H27N3O5. The standard InChI is InChI=1S/C18H27N3O5/c1-18(2,3)26-17(23)20-8-4-5-14(11-20)10-19-15-7-6-13(12-22)9-16(15)21(24)25/h6-7,9,14,19,22H,4-5,8,10-12H2,1-3H3/t14-/m0/s1. The molecule has 0 radical (unpaired) electrons. The van der Waals surface area contributed by atoms with E-state index in [9.17, 15) is 14.9 Å². The van der Waals surface area contributed by atoms with Crippen LogP contribution < -0.4 is 5.32 Å². The molecule has 1 heterocycles. The van der Waals surface area contributed by atoms with E-state index in [0.717, 1.165) is 12.8 Å². The van der Waals surface area contributed by atoms with Gasteiger partial charge in [-0.3, -0.25) is 10.1 Å². The van der Waals surface area contributed by atoms with E-state index in [1.54, 1.807) is 17.0 Å². The fraction of sp³-hybridized carbons (Fsp3) is 0.611.